The molecule has 2 amide bonds. The third-order valence-corrected chi connectivity index (χ3v) is 4.49. The van der Waals surface area contributed by atoms with Gasteiger partial charge in [-0.05, 0) is 51.0 Å². The molecule has 0 bridgehead atoms. The number of hydrogen-bond acceptors (Lipinski definition) is 7. The quantitative estimate of drug-likeness (QED) is 0.289. The van der Waals surface area contributed by atoms with Crippen LogP contribution in [0.3, 0.4) is 0 Å². The lowest BCUT2D eigenvalue weighted by Crippen LogP contribution is -2.31. The first-order chi connectivity index (χ1) is 14.6. The van der Waals surface area contributed by atoms with E-state index in [-0.39, 0.29) is 36.2 Å². The fourth-order valence-corrected chi connectivity index (χ4v) is 3.17. The van der Waals surface area contributed by atoms with Gasteiger partial charge in [0.1, 0.15) is 5.60 Å². The first-order valence-electron chi connectivity index (χ1n) is 9.64. The standard InChI is InChI=1S/C22H22N2O7/c1-22(2,3)31-19(25)13-30-18-9-8-14(12-17(18)24(28)29)10-11-23-20(26)15-6-4-5-7-16(15)21(23)27/h4-9,12H,10-11,13H2,1-3H3. The van der Waals surface area contributed by atoms with Gasteiger partial charge in [-0.2, -0.15) is 0 Å². The van der Waals surface area contributed by atoms with Gasteiger partial charge in [-0.3, -0.25) is 24.6 Å². The normalized spacial score (nSPS) is 13.2. The number of carbonyl (C=O) groups is 3. The summed E-state index contributed by atoms with van der Waals surface area (Å²) in [4.78, 5) is 48.6. The minimum Gasteiger partial charge on any atom is -0.475 e. The Hall–Kier alpha value is -3.75. The zero-order valence-corrected chi connectivity index (χ0v) is 17.4. The minimum absolute atomic E-state index is 0.0691. The predicted molar refractivity (Wildman–Crippen MR) is 110 cm³/mol. The Bertz CT molecular complexity index is 1020. The molecule has 0 aliphatic carbocycles. The van der Waals surface area contributed by atoms with Crippen LogP contribution in [0, 0.1) is 10.1 Å². The van der Waals surface area contributed by atoms with Crippen LogP contribution >= 0.6 is 0 Å². The average molecular weight is 426 g/mol. The van der Waals surface area contributed by atoms with Crippen LogP contribution in [0.2, 0.25) is 0 Å². The summed E-state index contributed by atoms with van der Waals surface area (Å²) in [7, 11) is 0. The van der Waals surface area contributed by atoms with Crippen LogP contribution in [0.15, 0.2) is 42.5 Å². The predicted octanol–water partition coefficient (Wildman–Crippen LogP) is 3.15. The van der Waals surface area contributed by atoms with Gasteiger partial charge in [0.15, 0.2) is 12.4 Å². The van der Waals surface area contributed by atoms with E-state index in [0.29, 0.717) is 16.7 Å². The molecule has 0 N–H and O–H groups in total. The van der Waals surface area contributed by atoms with E-state index in [2.05, 4.69) is 0 Å². The topological polar surface area (TPSA) is 116 Å². The third kappa shape index (κ3) is 5.06. The van der Waals surface area contributed by atoms with E-state index in [1.807, 2.05) is 0 Å². The molecular weight excluding hydrogens is 404 g/mol. The van der Waals surface area contributed by atoms with Gasteiger partial charge in [-0.1, -0.05) is 18.2 Å². The Morgan fingerprint density at radius 3 is 2.23 bits per heavy atom. The van der Waals surface area contributed by atoms with E-state index >= 15 is 0 Å². The van der Waals surface area contributed by atoms with Crippen LogP contribution in [0.1, 0.15) is 47.1 Å². The van der Waals surface area contributed by atoms with Gasteiger partial charge in [0, 0.05) is 12.6 Å². The molecule has 0 saturated heterocycles. The second-order valence-electron chi connectivity index (χ2n) is 7.99. The highest BCUT2D eigenvalue weighted by molar-refractivity contribution is 6.21. The van der Waals surface area contributed by atoms with Gasteiger partial charge >= 0.3 is 11.7 Å². The Morgan fingerprint density at radius 1 is 1.06 bits per heavy atom. The van der Waals surface area contributed by atoms with E-state index < -0.39 is 23.1 Å². The number of ether oxygens (including phenoxy) is 2. The largest absolute Gasteiger partial charge is 0.475 e. The maximum absolute atomic E-state index is 12.4. The van der Waals surface area contributed by atoms with Crippen molar-refractivity contribution >= 4 is 23.5 Å². The molecule has 1 aliphatic heterocycles. The van der Waals surface area contributed by atoms with Crippen molar-refractivity contribution in [1.29, 1.82) is 0 Å². The van der Waals surface area contributed by atoms with Crippen molar-refractivity contribution < 1.29 is 28.8 Å². The summed E-state index contributed by atoms with van der Waals surface area (Å²) < 4.78 is 10.4. The van der Waals surface area contributed by atoms with E-state index in [4.69, 9.17) is 9.47 Å². The number of nitrogens with zero attached hydrogens (tertiary/aromatic N) is 2. The van der Waals surface area contributed by atoms with Crippen molar-refractivity contribution in [1.82, 2.24) is 4.90 Å². The Labute approximate surface area is 178 Å². The average Bonchev–Trinajstić information content (AvgIpc) is 2.94. The first-order valence-corrected chi connectivity index (χ1v) is 9.64. The van der Waals surface area contributed by atoms with Crippen molar-refractivity contribution in [3.63, 3.8) is 0 Å². The van der Waals surface area contributed by atoms with Crippen molar-refractivity contribution in [2.75, 3.05) is 13.2 Å². The van der Waals surface area contributed by atoms with Gasteiger partial charge in [0.2, 0.25) is 0 Å². The molecule has 162 valence electrons. The molecule has 9 heteroatoms. The lowest BCUT2D eigenvalue weighted by molar-refractivity contribution is -0.385. The van der Waals surface area contributed by atoms with Crippen molar-refractivity contribution in [2.45, 2.75) is 32.8 Å². The number of nitro benzene ring substituents is 1. The molecule has 0 atom stereocenters. The van der Waals surface area contributed by atoms with Crippen LogP contribution < -0.4 is 4.74 Å². The maximum Gasteiger partial charge on any atom is 0.344 e. The number of rotatable bonds is 7. The van der Waals surface area contributed by atoms with Gasteiger partial charge in [-0.15, -0.1) is 0 Å². The summed E-state index contributed by atoms with van der Waals surface area (Å²) in [5.74, 6) is -1.48. The molecule has 0 fully saturated rings. The van der Waals surface area contributed by atoms with Crippen LogP contribution in [0.25, 0.3) is 0 Å². The summed E-state index contributed by atoms with van der Waals surface area (Å²) in [6.07, 6.45) is 0.235. The SMILES string of the molecule is CC(C)(C)OC(=O)COc1ccc(CCN2C(=O)c3ccccc3C2=O)cc1[N+](=O)[O-]. The van der Waals surface area contributed by atoms with E-state index in [0.717, 1.165) is 4.90 Å². The number of nitro groups is 1. The zero-order valence-electron chi connectivity index (χ0n) is 17.4. The molecule has 3 rings (SSSR count). The van der Waals surface area contributed by atoms with E-state index in [1.165, 1.54) is 12.1 Å². The smallest absolute Gasteiger partial charge is 0.344 e. The molecule has 31 heavy (non-hydrogen) atoms. The molecule has 1 heterocycles. The first kappa shape index (κ1) is 21.9. The highest BCUT2D eigenvalue weighted by atomic mass is 16.6. The summed E-state index contributed by atoms with van der Waals surface area (Å²) in [5.41, 5.74) is 0.241. The van der Waals surface area contributed by atoms with Crippen LogP contribution in [0.5, 0.6) is 5.75 Å². The molecule has 1 aliphatic rings. The Morgan fingerprint density at radius 2 is 1.68 bits per heavy atom. The number of benzene rings is 2. The summed E-state index contributed by atoms with van der Waals surface area (Å²) in [5, 5.41) is 11.5. The fraction of sp³-hybridized carbons (Fsp3) is 0.318. The second-order valence-corrected chi connectivity index (χ2v) is 7.99. The van der Waals surface area contributed by atoms with E-state index in [9.17, 15) is 24.5 Å². The fourth-order valence-electron chi connectivity index (χ4n) is 3.17. The van der Waals surface area contributed by atoms with Crippen molar-refractivity contribution in [2.24, 2.45) is 0 Å². The number of fused-ring (bicyclic) bond motifs is 1. The van der Waals surface area contributed by atoms with Gasteiger partial charge in [0.25, 0.3) is 11.8 Å². The van der Waals surface area contributed by atoms with Gasteiger partial charge < -0.3 is 9.47 Å². The molecule has 0 spiro atoms. The van der Waals surface area contributed by atoms with E-state index in [1.54, 1.807) is 51.1 Å². The minimum atomic E-state index is -0.694. The summed E-state index contributed by atoms with van der Waals surface area (Å²) in [6.45, 7) is 4.73. The molecule has 9 nitrogen and oxygen atoms in total. The molecule has 0 unspecified atom stereocenters. The molecule has 2 aromatic carbocycles. The van der Waals surface area contributed by atoms with Crippen molar-refractivity contribution in [3.05, 3.63) is 69.3 Å². The number of amides is 2. The molecular formula is C22H22N2O7. The summed E-state index contributed by atoms with van der Waals surface area (Å²) >= 11 is 0. The monoisotopic (exact) mass is 426 g/mol. The maximum atomic E-state index is 12.4. The third-order valence-electron chi connectivity index (χ3n) is 4.49. The van der Waals surface area contributed by atoms with Gasteiger partial charge in [0.05, 0.1) is 16.1 Å². The number of hydrogen-bond donors (Lipinski definition) is 0. The van der Waals surface area contributed by atoms with Crippen LogP contribution in [-0.4, -0.2) is 46.4 Å². The molecule has 2 aromatic rings. The van der Waals surface area contributed by atoms with Gasteiger partial charge in [-0.25, -0.2) is 4.79 Å². The Kier molecular flexibility index (Phi) is 6.05. The second kappa shape index (κ2) is 8.55. The number of carbonyl (C=O) groups excluding carboxylic acids is 3. The lowest BCUT2D eigenvalue weighted by Gasteiger charge is -2.19. The molecule has 0 saturated carbocycles. The Balaban J connectivity index is 1.68. The summed E-state index contributed by atoms with van der Waals surface area (Å²) in [6, 6.07) is 10.9. The van der Waals surface area contributed by atoms with Crippen LogP contribution in [-0.2, 0) is 16.0 Å². The van der Waals surface area contributed by atoms with Crippen molar-refractivity contribution in [3.8, 4) is 5.75 Å². The number of esters is 1. The highest BCUT2D eigenvalue weighted by Gasteiger charge is 2.34. The lowest BCUT2D eigenvalue weighted by atomic mass is 10.1. The molecule has 0 aromatic heterocycles. The number of imide groups is 1. The molecule has 0 radical (unpaired) electrons. The highest BCUT2D eigenvalue weighted by Crippen LogP contribution is 2.29. The zero-order chi connectivity index (χ0) is 22.8. The van der Waals surface area contributed by atoms with Crippen LogP contribution in [0.4, 0.5) is 5.69 Å².